The first-order valence-electron chi connectivity index (χ1n) is 3.08. The van der Waals surface area contributed by atoms with E-state index in [-0.39, 0.29) is 0 Å². The molecule has 0 unspecified atom stereocenters. The minimum absolute atomic E-state index is 0.857. The molecule has 10 heavy (non-hydrogen) atoms. The van der Waals surface area contributed by atoms with Crippen LogP contribution >= 0.6 is 27.3 Å². The van der Waals surface area contributed by atoms with Crippen LogP contribution in [0.5, 0.6) is 0 Å². The van der Waals surface area contributed by atoms with Gasteiger partial charge in [0.25, 0.3) is 0 Å². The number of rotatable bonds is 2. The van der Waals surface area contributed by atoms with E-state index >= 15 is 0 Å². The van der Waals surface area contributed by atoms with Crippen LogP contribution in [-0.4, -0.2) is 12.8 Å². The van der Waals surface area contributed by atoms with Crippen molar-refractivity contribution in [2.75, 3.05) is 6.54 Å². The van der Waals surface area contributed by atoms with Gasteiger partial charge in [0.05, 0.1) is 3.79 Å². The molecule has 0 bridgehead atoms. The normalized spacial score (nSPS) is 11.0. The largest absolute Gasteiger partial charge is 0.292 e. The highest BCUT2D eigenvalue weighted by Gasteiger charge is 1.91. The second-order valence-corrected chi connectivity index (χ2v) is 4.26. The molecule has 0 saturated carbocycles. The molecule has 0 aliphatic rings. The standard InChI is InChI=1S/C7H8BrNS/c1-2-9-5-6-3-4-7(8)10-6/h3-5H,2H2,1H3. The van der Waals surface area contributed by atoms with Crippen LogP contribution in [-0.2, 0) is 0 Å². The van der Waals surface area contributed by atoms with E-state index in [1.54, 1.807) is 11.3 Å². The summed E-state index contributed by atoms with van der Waals surface area (Å²) in [5, 5.41) is 0. The molecule has 0 amide bonds. The van der Waals surface area contributed by atoms with Crippen LogP contribution in [0.15, 0.2) is 20.9 Å². The third-order valence-electron chi connectivity index (χ3n) is 0.995. The van der Waals surface area contributed by atoms with E-state index in [1.807, 2.05) is 25.3 Å². The molecule has 0 aromatic carbocycles. The van der Waals surface area contributed by atoms with Gasteiger partial charge in [0, 0.05) is 17.6 Å². The Morgan fingerprint density at radius 2 is 2.50 bits per heavy atom. The van der Waals surface area contributed by atoms with Crippen molar-refractivity contribution in [3.8, 4) is 0 Å². The fourth-order valence-electron chi connectivity index (χ4n) is 0.579. The fraction of sp³-hybridized carbons (Fsp3) is 0.286. The molecule has 1 rings (SSSR count). The van der Waals surface area contributed by atoms with E-state index in [4.69, 9.17) is 0 Å². The average molecular weight is 218 g/mol. The van der Waals surface area contributed by atoms with Gasteiger partial charge in [-0.15, -0.1) is 11.3 Å². The number of hydrogen-bond donors (Lipinski definition) is 0. The van der Waals surface area contributed by atoms with Crippen molar-refractivity contribution >= 4 is 33.5 Å². The Kier molecular flexibility index (Phi) is 3.09. The summed E-state index contributed by atoms with van der Waals surface area (Å²) in [6, 6.07) is 4.08. The maximum Gasteiger partial charge on any atom is 0.0705 e. The zero-order chi connectivity index (χ0) is 7.40. The Morgan fingerprint density at radius 1 is 1.70 bits per heavy atom. The van der Waals surface area contributed by atoms with Crippen molar-refractivity contribution in [3.05, 3.63) is 20.8 Å². The molecule has 0 radical (unpaired) electrons. The van der Waals surface area contributed by atoms with E-state index < -0.39 is 0 Å². The first kappa shape index (κ1) is 7.95. The molecule has 0 atom stereocenters. The quantitative estimate of drug-likeness (QED) is 0.676. The maximum atomic E-state index is 4.12. The molecular weight excluding hydrogens is 210 g/mol. The van der Waals surface area contributed by atoms with Gasteiger partial charge in [-0.1, -0.05) is 0 Å². The van der Waals surface area contributed by atoms with Gasteiger partial charge in [-0.25, -0.2) is 0 Å². The van der Waals surface area contributed by atoms with Crippen molar-refractivity contribution < 1.29 is 0 Å². The molecule has 0 fully saturated rings. The van der Waals surface area contributed by atoms with Crippen LogP contribution in [0.3, 0.4) is 0 Å². The van der Waals surface area contributed by atoms with Crippen molar-refractivity contribution in [3.63, 3.8) is 0 Å². The Morgan fingerprint density at radius 3 is 3.00 bits per heavy atom. The van der Waals surface area contributed by atoms with Gasteiger partial charge in [-0.3, -0.25) is 4.99 Å². The van der Waals surface area contributed by atoms with Gasteiger partial charge >= 0.3 is 0 Å². The van der Waals surface area contributed by atoms with Gasteiger partial charge in [0.2, 0.25) is 0 Å². The Bertz CT molecular complexity index is 229. The van der Waals surface area contributed by atoms with Crippen LogP contribution in [0.4, 0.5) is 0 Å². The van der Waals surface area contributed by atoms with E-state index in [2.05, 4.69) is 20.9 Å². The summed E-state index contributed by atoms with van der Waals surface area (Å²) in [6.07, 6.45) is 1.90. The number of nitrogens with zero attached hydrogens (tertiary/aromatic N) is 1. The van der Waals surface area contributed by atoms with Gasteiger partial charge in [0.1, 0.15) is 0 Å². The number of aliphatic imine (C=N–C) groups is 1. The van der Waals surface area contributed by atoms with Gasteiger partial charge in [-0.05, 0) is 35.0 Å². The lowest BCUT2D eigenvalue weighted by Crippen LogP contribution is -1.72. The molecule has 1 aromatic heterocycles. The Hall–Kier alpha value is -0.150. The molecule has 3 heteroatoms. The number of hydrogen-bond acceptors (Lipinski definition) is 2. The molecule has 0 spiro atoms. The summed E-state index contributed by atoms with van der Waals surface area (Å²) in [4.78, 5) is 5.32. The van der Waals surface area contributed by atoms with Crippen molar-refractivity contribution in [1.82, 2.24) is 0 Å². The zero-order valence-electron chi connectivity index (χ0n) is 5.67. The average Bonchev–Trinajstić information content (AvgIpc) is 2.31. The summed E-state index contributed by atoms with van der Waals surface area (Å²) < 4.78 is 1.16. The molecule has 1 nitrogen and oxygen atoms in total. The summed E-state index contributed by atoms with van der Waals surface area (Å²) in [5.41, 5.74) is 0. The first-order chi connectivity index (χ1) is 4.83. The highest BCUT2D eigenvalue weighted by atomic mass is 79.9. The molecule has 0 N–H and O–H groups in total. The minimum atomic E-state index is 0.857. The monoisotopic (exact) mass is 217 g/mol. The topological polar surface area (TPSA) is 12.4 Å². The van der Waals surface area contributed by atoms with Crippen LogP contribution in [0.25, 0.3) is 0 Å². The molecule has 0 saturated heterocycles. The van der Waals surface area contributed by atoms with Gasteiger partial charge in [-0.2, -0.15) is 0 Å². The van der Waals surface area contributed by atoms with Gasteiger partial charge < -0.3 is 0 Å². The van der Waals surface area contributed by atoms with Crippen molar-refractivity contribution in [2.24, 2.45) is 4.99 Å². The Balaban J connectivity index is 2.67. The van der Waals surface area contributed by atoms with E-state index in [0.29, 0.717) is 0 Å². The predicted molar refractivity (Wildman–Crippen MR) is 50.2 cm³/mol. The third kappa shape index (κ3) is 2.23. The maximum absolute atomic E-state index is 4.12. The smallest absolute Gasteiger partial charge is 0.0705 e. The second-order valence-electron chi connectivity index (χ2n) is 1.77. The summed E-state index contributed by atoms with van der Waals surface area (Å²) in [7, 11) is 0. The van der Waals surface area contributed by atoms with E-state index in [9.17, 15) is 0 Å². The number of thiophene rings is 1. The van der Waals surface area contributed by atoms with Crippen molar-refractivity contribution in [1.29, 1.82) is 0 Å². The summed E-state index contributed by atoms with van der Waals surface area (Å²) in [5.74, 6) is 0. The Labute approximate surface area is 72.9 Å². The van der Waals surface area contributed by atoms with E-state index in [0.717, 1.165) is 10.3 Å². The molecule has 54 valence electrons. The third-order valence-corrected chi connectivity index (χ3v) is 2.55. The highest BCUT2D eigenvalue weighted by molar-refractivity contribution is 9.11. The van der Waals surface area contributed by atoms with Crippen LogP contribution in [0, 0.1) is 0 Å². The highest BCUT2D eigenvalue weighted by Crippen LogP contribution is 2.20. The lowest BCUT2D eigenvalue weighted by Gasteiger charge is -1.79. The summed E-state index contributed by atoms with van der Waals surface area (Å²) in [6.45, 7) is 2.88. The lowest BCUT2D eigenvalue weighted by atomic mass is 10.5. The fourth-order valence-corrected chi connectivity index (χ4v) is 1.90. The minimum Gasteiger partial charge on any atom is -0.292 e. The predicted octanol–water partition coefficient (Wildman–Crippen LogP) is 2.95. The first-order valence-corrected chi connectivity index (χ1v) is 4.69. The van der Waals surface area contributed by atoms with Crippen LogP contribution in [0.2, 0.25) is 0 Å². The molecule has 1 heterocycles. The summed E-state index contributed by atoms with van der Waals surface area (Å²) >= 11 is 5.08. The molecule has 0 aliphatic carbocycles. The number of halogens is 1. The molecular formula is C7H8BrNS. The van der Waals surface area contributed by atoms with Crippen molar-refractivity contribution in [2.45, 2.75) is 6.92 Å². The zero-order valence-corrected chi connectivity index (χ0v) is 8.08. The van der Waals surface area contributed by atoms with Crippen LogP contribution < -0.4 is 0 Å². The van der Waals surface area contributed by atoms with Crippen LogP contribution in [0.1, 0.15) is 11.8 Å². The van der Waals surface area contributed by atoms with Gasteiger partial charge in [0.15, 0.2) is 0 Å². The SMILES string of the molecule is CCN=Cc1ccc(Br)s1. The molecule has 0 aliphatic heterocycles. The van der Waals surface area contributed by atoms with E-state index in [1.165, 1.54) is 4.88 Å². The molecule has 1 aromatic rings. The second kappa shape index (κ2) is 3.88. The lowest BCUT2D eigenvalue weighted by molar-refractivity contribution is 1.14.